The van der Waals surface area contributed by atoms with Gasteiger partial charge in [0.15, 0.2) is 5.17 Å². The number of benzene rings is 2. The Morgan fingerprint density at radius 2 is 1.84 bits per heavy atom. The number of hydrogen-bond acceptors (Lipinski definition) is 4. The van der Waals surface area contributed by atoms with E-state index in [0.717, 1.165) is 5.56 Å². The number of carbonyl (C=O) groups is 1. The molecule has 0 aliphatic carbocycles. The van der Waals surface area contributed by atoms with Crippen molar-refractivity contribution in [2.24, 2.45) is 4.99 Å². The number of likely N-dealkylation sites (N-methyl/N-ethyl adjacent to an activating group) is 1. The molecule has 3 rings (SSSR count). The monoisotopic (exact) mass is 370 g/mol. The van der Waals surface area contributed by atoms with Crippen LogP contribution in [0.25, 0.3) is 6.08 Å². The summed E-state index contributed by atoms with van der Waals surface area (Å²) in [6.07, 6.45) is 3.45. The van der Waals surface area contributed by atoms with Crippen LogP contribution in [0.1, 0.15) is 5.56 Å². The Hall–Kier alpha value is -2.50. The van der Waals surface area contributed by atoms with E-state index in [2.05, 4.69) is 4.99 Å². The summed E-state index contributed by atoms with van der Waals surface area (Å²) in [5.74, 6) is 0.0213. The van der Waals surface area contributed by atoms with Crippen LogP contribution in [0.4, 0.5) is 5.69 Å². The van der Waals surface area contributed by atoms with Crippen LogP contribution in [0, 0.1) is 0 Å². The Kier molecular flexibility index (Phi) is 5.26. The highest BCUT2D eigenvalue weighted by Gasteiger charge is 2.30. The van der Waals surface area contributed by atoms with E-state index in [9.17, 15) is 9.90 Å². The number of aromatic hydroxyl groups is 1. The molecule has 0 aromatic heterocycles. The number of carbonyl (C=O) groups excluding carboxylic acids is 1. The van der Waals surface area contributed by atoms with Crippen LogP contribution in [0.5, 0.6) is 5.75 Å². The van der Waals surface area contributed by atoms with Crippen molar-refractivity contribution in [1.29, 1.82) is 0 Å². The molecule has 0 unspecified atom stereocenters. The van der Waals surface area contributed by atoms with Crippen molar-refractivity contribution >= 4 is 46.2 Å². The van der Waals surface area contributed by atoms with Gasteiger partial charge in [0.25, 0.3) is 5.91 Å². The first-order valence-corrected chi connectivity index (χ1v) is 8.70. The maximum Gasteiger partial charge on any atom is 0.266 e. The molecule has 6 heteroatoms. The van der Waals surface area contributed by atoms with Crippen molar-refractivity contribution < 1.29 is 9.90 Å². The molecule has 1 saturated heterocycles. The molecule has 1 aliphatic heterocycles. The van der Waals surface area contributed by atoms with Gasteiger partial charge in [0, 0.05) is 12.1 Å². The summed E-state index contributed by atoms with van der Waals surface area (Å²) in [6, 6.07) is 16.1. The van der Waals surface area contributed by atoms with Crippen molar-refractivity contribution in [3.63, 3.8) is 0 Å². The van der Waals surface area contributed by atoms with E-state index in [4.69, 9.17) is 11.6 Å². The molecule has 0 radical (unpaired) electrons. The molecule has 0 bridgehead atoms. The Morgan fingerprint density at radius 3 is 2.52 bits per heavy atom. The van der Waals surface area contributed by atoms with Gasteiger partial charge in [-0.3, -0.25) is 9.69 Å². The Morgan fingerprint density at radius 1 is 1.16 bits per heavy atom. The third-order valence-corrected chi connectivity index (χ3v) is 4.73. The van der Waals surface area contributed by atoms with Crippen molar-refractivity contribution in [2.45, 2.75) is 0 Å². The van der Waals surface area contributed by atoms with Crippen LogP contribution in [0.2, 0.25) is 0 Å². The van der Waals surface area contributed by atoms with Gasteiger partial charge < -0.3 is 5.11 Å². The van der Waals surface area contributed by atoms with Crippen LogP contribution in [-0.4, -0.2) is 28.1 Å². The largest absolute Gasteiger partial charge is 0.508 e. The molecule has 4 nitrogen and oxygen atoms in total. The molecule has 1 heterocycles. The fourth-order valence-electron chi connectivity index (χ4n) is 2.16. The predicted octanol–water partition coefficient (Wildman–Crippen LogP) is 4.75. The number of hydrogen-bond donors (Lipinski definition) is 1. The van der Waals surface area contributed by atoms with Gasteiger partial charge in [-0.25, -0.2) is 4.99 Å². The fourth-order valence-corrected chi connectivity index (χ4v) is 3.44. The van der Waals surface area contributed by atoms with E-state index < -0.39 is 0 Å². The smallest absolute Gasteiger partial charge is 0.266 e. The highest BCUT2D eigenvalue weighted by molar-refractivity contribution is 8.18. The van der Waals surface area contributed by atoms with Gasteiger partial charge in [-0.05, 0) is 53.7 Å². The molecular weight excluding hydrogens is 356 g/mol. The lowest BCUT2D eigenvalue weighted by Crippen LogP contribution is -2.23. The minimum Gasteiger partial charge on any atom is -0.508 e. The lowest BCUT2D eigenvalue weighted by molar-refractivity contribution is -0.121. The van der Waals surface area contributed by atoms with Crippen LogP contribution >= 0.6 is 23.4 Å². The van der Waals surface area contributed by atoms with Gasteiger partial charge in [0.2, 0.25) is 0 Å². The van der Waals surface area contributed by atoms with Crippen molar-refractivity contribution in [3.05, 3.63) is 76.2 Å². The lowest BCUT2D eigenvalue weighted by Gasteiger charge is -2.07. The highest BCUT2D eigenvalue weighted by Crippen LogP contribution is 2.33. The maximum absolute atomic E-state index is 12.4. The Labute approximate surface area is 155 Å². The molecule has 1 fully saturated rings. The van der Waals surface area contributed by atoms with Crippen LogP contribution in [0.15, 0.2) is 75.6 Å². The van der Waals surface area contributed by atoms with Gasteiger partial charge in [0.1, 0.15) is 5.75 Å². The SMILES string of the molecule is CN1C(=O)/C(=C/C(Cl)=C/c2ccccc2)SC1=Nc1ccc(O)cc1. The lowest BCUT2D eigenvalue weighted by atomic mass is 10.2. The molecule has 1 N–H and O–H groups in total. The molecule has 25 heavy (non-hydrogen) atoms. The molecular formula is C19H15ClN2O2S. The number of nitrogens with zero attached hydrogens (tertiary/aromatic N) is 2. The molecule has 1 amide bonds. The first-order chi connectivity index (χ1) is 12.0. The van der Waals surface area contributed by atoms with Gasteiger partial charge in [-0.15, -0.1) is 0 Å². The number of rotatable bonds is 3. The topological polar surface area (TPSA) is 52.9 Å². The van der Waals surface area contributed by atoms with E-state index in [-0.39, 0.29) is 11.7 Å². The summed E-state index contributed by atoms with van der Waals surface area (Å²) >= 11 is 7.53. The third-order valence-electron chi connectivity index (χ3n) is 3.45. The summed E-state index contributed by atoms with van der Waals surface area (Å²) in [7, 11) is 1.67. The number of thioether (sulfide) groups is 1. The fraction of sp³-hybridized carbons (Fsp3) is 0.0526. The van der Waals surface area contributed by atoms with Crippen molar-refractivity contribution in [2.75, 3.05) is 7.05 Å². The van der Waals surface area contributed by atoms with Gasteiger partial charge in [-0.2, -0.15) is 0 Å². The summed E-state index contributed by atoms with van der Waals surface area (Å²) in [6.45, 7) is 0. The molecule has 1 aliphatic rings. The standard InChI is InChI=1S/C19H15ClN2O2S/c1-22-18(24)17(12-14(20)11-13-5-3-2-4-6-13)25-19(22)21-15-7-9-16(23)10-8-15/h2-12,23H,1H3/b14-11-,17-12-,21-19?. The number of amidine groups is 1. The number of allylic oxidation sites excluding steroid dienone is 2. The highest BCUT2D eigenvalue weighted by atomic mass is 35.5. The Bertz CT molecular complexity index is 874. The number of amides is 1. The maximum atomic E-state index is 12.4. The quantitative estimate of drug-likeness (QED) is 0.793. The average Bonchev–Trinajstić information content (AvgIpc) is 2.86. The number of aliphatic imine (C=N–C) groups is 1. The minimum atomic E-state index is -0.151. The zero-order valence-corrected chi connectivity index (χ0v) is 15.0. The van der Waals surface area contributed by atoms with E-state index in [1.807, 2.05) is 30.3 Å². The second-order valence-corrected chi connectivity index (χ2v) is 6.77. The second kappa shape index (κ2) is 7.59. The van der Waals surface area contributed by atoms with Crippen LogP contribution in [0.3, 0.4) is 0 Å². The van der Waals surface area contributed by atoms with Gasteiger partial charge in [0.05, 0.1) is 10.6 Å². The van der Waals surface area contributed by atoms with E-state index in [1.54, 1.807) is 43.5 Å². The third kappa shape index (κ3) is 4.32. The minimum absolute atomic E-state index is 0.151. The molecule has 0 atom stereocenters. The first kappa shape index (κ1) is 17.3. The van der Waals surface area contributed by atoms with E-state index in [1.165, 1.54) is 16.7 Å². The zero-order chi connectivity index (χ0) is 17.8. The Balaban J connectivity index is 1.83. The van der Waals surface area contributed by atoms with Crippen LogP contribution in [-0.2, 0) is 4.79 Å². The van der Waals surface area contributed by atoms with Gasteiger partial charge in [-0.1, -0.05) is 41.9 Å². The van der Waals surface area contributed by atoms with Crippen LogP contribution < -0.4 is 0 Å². The second-order valence-electron chi connectivity index (χ2n) is 5.33. The summed E-state index contributed by atoms with van der Waals surface area (Å²) in [5.41, 5.74) is 1.62. The average molecular weight is 371 g/mol. The summed E-state index contributed by atoms with van der Waals surface area (Å²) in [5, 5.41) is 10.4. The normalized spacial score (nSPS) is 18.4. The summed E-state index contributed by atoms with van der Waals surface area (Å²) in [4.78, 5) is 18.8. The summed E-state index contributed by atoms with van der Waals surface area (Å²) < 4.78 is 0. The molecule has 0 saturated carbocycles. The zero-order valence-electron chi connectivity index (χ0n) is 13.4. The van der Waals surface area contributed by atoms with Gasteiger partial charge >= 0.3 is 0 Å². The number of phenolic OH excluding ortho intramolecular Hbond substituents is 1. The number of halogens is 1. The molecule has 126 valence electrons. The number of phenols is 1. The molecule has 2 aromatic rings. The van der Waals surface area contributed by atoms with E-state index >= 15 is 0 Å². The predicted molar refractivity (Wildman–Crippen MR) is 104 cm³/mol. The van der Waals surface area contributed by atoms with Crippen molar-refractivity contribution in [3.8, 4) is 5.75 Å². The first-order valence-electron chi connectivity index (χ1n) is 7.50. The van der Waals surface area contributed by atoms with E-state index in [0.29, 0.717) is 20.8 Å². The molecule has 0 spiro atoms. The van der Waals surface area contributed by atoms with Crippen molar-refractivity contribution in [1.82, 2.24) is 4.90 Å². The molecule has 2 aromatic carbocycles.